The Bertz CT molecular complexity index is 591. The van der Waals surface area contributed by atoms with Gasteiger partial charge in [-0.15, -0.1) is 0 Å². The fourth-order valence-corrected chi connectivity index (χ4v) is 2.25. The molecule has 2 aromatic rings. The molecule has 0 bridgehead atoms. The number of rotatable bonds is 4. The second kappa shape index (κ2) is 6.20. The number of aromatic nitrogens is 1. The van der Waals surface area contributed by atoms with Crippen LogP contribution in [0.25, 0.3) is 6.08 Å². The summed E-state index contributed by atoms with van der Waals surface area (Å²) in [6, 6.07) is 13.5. The van der Waals surface area contributed by atoms with E-state index in [4.69, 9.17) is 5.11 Å². The van der Waals surface area contributed by atoms with Gasteiger partial charge in [0.2, 0.25) is 0 Å². The van der Waals surface area contributed by atoms with E-state index >= 15 is 0 Å². The zero-order valence-corrected chi connectivity index (χ0v) is 11.2. The van der Waals surface area contributed by atoms with Gasteiger partial charge >= 0.3 is 5.97 Å². The number of nitrogens with zero attached hydrogens (tertiary/aromatic N) is 1. The Kier molecular flexibility index (Phi) is 4.36. The summed E-state index contributed by atoms with van der Waals surface area (Å²) < 4.78 is 0. The predicted molar refractivity (Wildman–Crippen MR) is 76.1 cm³/mol. The maximum Gasteiger partial charge on any atom is 0.331 e. The Morgan fingerprint density at radius 3 is 2.53 bits per heavy atom. The van der Waals surface area contributed by atoms with E-state index in [1.807, 2.05) is 42.5 Å². The first-order valence-electron chi connectivity index (χ1n) is 5.76. The fourth-order valence-electron chi connectivity index (χ4n) is 1.47. The van der Waals surface area contributed by atoms with Crippen molar-refractivity contribution < 1.29 is 9.90 Å². The Morgan fingerprint density at radius 1 is 1.21 bits per heavy atom. The first-order valence-corrected chi connectivity index (χ1v) is 6.57. The summed E-state index contributed by atoms with van der Waals surface area (Å²) in [5.41, 5.74) is 1.20. The highest BCUT2D eigenvalue weighted by molar-refractivity contribution is 7.99. The summed E-state index contributed by atoms with van der Waals surface area (Å²) in [4.78, 5) is 16.0. The van der Waals surface area contributed by atoms with Gasteiger partial charge in [0.05, 0.1) is 0 Å². The molecule has 96 valence electrons. The van der Waals surface area contributed by atoms with Crippen LogP contribution in [0.5, 0.6) is 0 Å². The smallest absolute Gasteiger partial charge is 0.331 e. The van der Waals surface area contributed by atoms with Crippen LogP contribution in [0.3, 0.4) is 0 Å². The number of pyridine rings is 1. The number of hydrogen-bond donors (Lipinski definition) is 1. The summed E-state index contributed by atoms with van der Waals surface area (Å²) >= 11 is 1.57. The van der Waals surface area contributed by atoms with E-state index in [1.54, 1.807) is 31.0 Å². The van der Waals surface area contributed by atoms with Gasteiger partial charge in [-0.25, -0.2) is 9.78 Å². The van der Waals surface area contributed by atoms with Crippen molar-refractivity contribution in [3.63, 3.8) is 0 Å². The summed E-state index contributed by atoms with van der Waals surface area (Å²) in [5.74, 6) is -0.896. The molecule has 0 amide bonds. The van der Waals surface area contributed by atoms with E-state index in [-0.39, 0.29) is 0 Å². The highest BCUT2D eigenvalue weighted by Crippen LogP contribution is 2.25. The van der Waals surface area contributed by atoms with Crippen LogP contribution in [0.4, 0.5) is 0 Å². The number of aliphatic carboxylic acids is 1. The van der Waals surface area contributed by atoms with Gasteiger partial charge in [0.15, 0.2) is 0 Å². The molecule has 1 aromatic carbocycles. The third kappa shape index (κ3) is 3.96. The molecule has 1 heterocycles. The molecule has 0 spiro atoms. The quantitative estimate of drug-likeness (QED) is 0.861. The van der Waals surface area contributed by atoms with E-state index < -0.39 is 5.97 Å². The first kappa shape index (κ1) is 13.4. The molecule has 4 heteroatoms. The lowest BCUT2D eigenvalue weighted by atomic mass is 10.1. The Hall–Kier alpha value is -2.07. The van der Waals surface area contributed by atoms with Crippen LogP contribution in [0.2, 0.25) is 0 Å². The van der Waals surface area contributed by atoms with Crippen molar-refractivity contribution in [3.8, 4) is 0 Å². The highest BCUT2D eigenvalue weighted by atomic mass is 32.2. The molecular formula is C15H13NO2S. The third-order valence-corrected chi connectivity index (χ3v) is 3.42. The Morgan fingerprint density at radius 2 is 1.95 bits per heavy atom. The predicted octanol–water partition coefficient (Wildman–Crippen LogP) is 3.72. The molecule has 0 aliphatic heterocycles. The van der Waals surface area contributed by atoms with Crippen molar-refractivity contribution in [1.29, 1.82) is 0 Å². The second-order valence-electron chi connectivity index (χ2n) is 3.97. The SMILES string of the molecule is CC(=Cc1ccc(Sc2ccccn2)cc1)C(=O)O. The lowest BCUT2D eigenvalue weighted by Gasteiger charge is -2.01. The average molecular weight is 271 g/mol. The van der Waals surface area contributed by atoms with Crippen LogP contribution in [-0.2, 0) is 4.79 Å². The molecule has 0 saturated carbocycles. The second-order valence-corrected chi connectivity index (χ2v) is 5.07. The standard InChI is InChI=1S/C15H13NO2S/c1-11(15(17)18)10-12-5-7-13(8-6-12)19-14-4-2-3-9-16-14/h2-10H,1H3,(H,17,18). The van der Waals surface area contributed by atoms with Gasteiger partial charge in [0.25, 0.3) is 0 Å². The molecule has 0 atom stereocenters. The summed E-state index contributed by atoms with van der Waals surface area (Å²) in [6.45, 7) is 1.58. The number of benzene rings is 1. The van der Waals surface area contributed by atoms with Crippen molar-refractivity contribution in [3.05, 3.63) is 59.8 Å². The van der Waals surface area contributed by atoms with Gasteiger partial charge in [-0.3, -0.25) is 0 Å². The minimum Gasteiger partial charge on any atom is -0.478 e. The molecule has 0 saturated heterocycles. The van der Waals surface area contributed by atoms with Gasteiger partial charge in [-0.2, -0.15) is 0 Å². The third-order valence-electron chi connectivity index (χ3n) is 2.46. The van der Waals surface area contributed by atoms with Crippen molar-refractivity contribution in [2.45, 2.75) is 16.8 Å². The minimum atomic E-state index is -0.896. The zero-order valence-electron chi connectivity index (χ0n) is 10.4. The fraction of sp³-hybridized carbons (Fsp3) is 0.0667. The molecule has 0 unspecified atom stereocenters. The minimum absolute atomic E-state index is 0.324. The van der Waals surface area contributed by atoms with Crippen LogP contribution in [0, 0.1) is 0 Å². The molecule has 19 heavy (non-hydrogen) atoms. The first-order chi connectivity index (χ1) is 9.15. The van der Waals surface area contributed by atoms with Crippen LogP contribution >= 0.6 is 11.8 Å². The summed E-state index contributed by atoms with van der Waals surface area (Å²) in [7, 11) is 0. The molecule has 1 N–H and O–H groups in total. The van der Waals surface area contributed by atoms with Crippen molar-refractivity contribution in [1.82, 2.24) is 4.98 Å². The molecule has 2 rings (SSSR count). The van der Waals surface area contributed by atoms with E-state index in [2.05, 4.69) is 4.98 Å². The Labute approximate surface area is 116 Å². The van der Waals surface area contributed by atoms with E-state index in [9.17, 15) is 4.79 Å². The molecule has 0 aliphatic carbocycles. The van der Waals surface area contributed by atoms with Crippen molar-refractivity contribution >= 4 is 23.8 Å². The number of hydrogen-bond acceptors (Lipinski definition) is 3. The normalized spacial score (nSPS) is 11.3. The monoisotopic (exact) mass is 271 g/mol. The van der Waals surface area contributed by atoms with E-state index in [0.29, 0.717) is 5.57 Å². The number of carboxylic acid groups (broad SMARTS) is 1. The van der Waals surface area contributed by atoms with Gasteiger partial charge in [0, 0.05) is 16.7 Å². The summed E-state index contributed by atoms with van der Waals surface area (Å²) in [5, 5.41) is 9.75. The Balaban J connectivity index is 2.11. The largest absolute Gasteiger partial charge is 0.478 e. The van der Waals surface area contributed by atoms with Crippen LogP contribution in [0.15, 0.2) is 64.2 Å². The maximum atomic E-state index is 10.7. The van der Waals surface area contributed by atoms with Crippen LogP contribution in [0.1, 0.15) is 12.5 Å². The molecule has 3 nitrogen and oxygen atoms in total. The van der Waals surface area contributed by atoms with Crippen molar-refractivity contribution in [2.24, 2.45) is 0 Å². The lowest BCUT2D eigenvalue weighted by molar-refractivity contribution is -0.132. The molecular weight excluding hydrogens is 258 g/mol. The van der Waals surface area contributed by atoms with Gasteiger partial charge < -0.3 is 5.11 Å². The van der Waals surface area contributed by atoms with E-state index in [0.717, 1.165) is 15.5 Å². The molecule has 0 aliphatic rings. The van der Waals surface area contributed by atoms with Crippen molar-refractivity contribution in [2.75, 3.05) is 0 Å². The van der Waals surface area contributed by atoms with Gasteiger partial charge in [0.1, 0.15) is 5.03 Å². The van der Waals surface area contributed by atoms with Gasteiger partial charge in [-0.05, 0) is 42.8 Å². The molecule has 0 fully saturated rings. The maximum absolute atomic E-state index is 10.7. The summed E-state index contributed by atoms with van der Waals surface area (Å²) in [6.07, 6.45) is 3.41. The van der Waals surface area contributed by atoms with E-state index in [1.165, 1.54) is 0 Å². The zero-order chi connectivity index (χ0) is 13.7. The van der Waals surface area contributed by atoms with Gasteiger partial charge in [-0.1, -0.05) is 30.0 Å². The topological polar surface area (TPSA) is 50.2 Å². The number of carboxylic acids is 1. The molecule has 1 aromatic heterocycles. The lowest BCUT2D eigenvalue weighted by Crippen LogP contribution is -1.95. The van der Waals surface area contributed by atoms with Crippen LogP contribution in [-0.4, -0.2) is 16.1 Å². The number of carbonyl (C=O) groups is 1. The molecule has 0 radical (unpaired) electrons. The average Bonchev–Trinajstić information content (AvgIpc) is 2.42. The van der Waals surface area contributed by atoms with Crippen LogP contribution < -0.4 is 0 Å². The highest BCUT2D eigenvalue weighted by Gasteiger charge is 2.01.